The Morgan fingerprint density at radius 2 is 0.810 bits per heavy atom. The van der Waals surface area contributed by atoms with Crippen molar-refractivity contribution in [1.29, 1.82) is 0 Å². The molecule has 0 amide bonds. The van der Waals surface area contributed by atoms with Gasteiger partial charge in [0, 0.05) is 5.56 Å². The fourth-order valence-corrected chi connectivity index (χ4v) is 8.33. The molecule has 2 saturated carbocycles. The molecule has 0 N–H and O–H groups in total. The number of fused-ring (bicyclic) bond motifs is 3. The lowest BCUT2D eigenvalue weighted by molar-refractivity contribution is 0.109. The summed E-state index contributed by atoms with van der Waals surface area (Å²) in [6.45, 7) is 25.4. The van der Waals surface area contributed by atoms with Crippen LogP contribution in [0.25, 0.3) is 10.8 Å². The highest BCUT2D eigenvalue weighted by molar-refractivity contribution is 5.83. The number of hydrogen-bond acceptors (Lipinski definition) is 0. The molecule has 0 aliphatic heterocycles. The van der Waals surface area contributed by atoms with E-state index in [0.717, 1.165) is 35.2 Å². The van der Waals surface area contributed by atoms with Crippen molar-refractivity contribution in [3.05, 3.63) is 153 Å². The van der Waals surface area contributed by atoms with Crippen LogP contribution in [-0.4, -0.2) is 0 Å². The lowest BCUT2D eigenvalue weighted by Crippen LogP contribution is -2.29. The van der Waals surface area contributed by atoms with Crippen LogP contribution in [0.4, 0.5) is 0 Å². The van der Waals surface area contributed by atoms with Crippen molar-refractivity contribution in [2.24, 2.45) is 29.6 Å². The zero-order valence-corrected chi connectivity index (χ0v) is 38.6. The average molecular weight is 773 g/mol. The Kier molecular flexibility index (Phi) is 21.3. The van der Waals surface area contributed by atoms with Crippen LogP contribution in [0, 0.1) is 94.8 Å². The first-order chi connectivity index (χ1) is 27.8. The van der Waals surface area contributed by atoms with Crippen molar-refractivity contribution in [1.82, 2.24) is 0 Å². The van der Waals surface area contributed by atoms with Crippen molar-refractivity contribution in [2.45, 2.75) is 141 Å². The van der Waals surface area contributed by atoms with Crippen LogP contribution in [-0.2, 0) is 12.8 Å². The van der Waals surface area contributed by atoms with Gasteiger partial charge < -0.3 is 0 Å². The molecule has 3 aliphatic rings. The van der Waals surface area contributed by atoms with E-state index < -0.39 is 0 Å². The van der Waals surface area contributed by atoms with Gasteiger partial charge in [0.05, 0.1) is 0 Å². The third kappa shape index (κ3) is 18.0. The highest BCUT2D eigenvalue weighted by atomic mass is 14.4. The number of aryl methyl sites for hydroxylation is 7. The van der Waals surface area contributed by atoms with E-state index in [1.165, 1.54) is 102 Å². The zero-order valence-electron chi connectivity index (χ0n) is 38.6. The standard InChI is InChI=1S/C12H22.C12H16.C12H12.C10H10.C8H10.C4H6/c3*1-9-3-5-12-8-10(2)4-6-11(12)7-9;1-3-4-10-7-5-9(2)6-8-10;1-7-3-5-8(2)6-4-7;1-3-4-2/h9-12H,3-8H2,1-2H3;3,5,7,10H,4,6,8H2,1-2H3;3-8H,1-2H3;5-8H,1-2H3;3-6H,1-2H3;1-2H3. The van der Waals surface area contributed by atoms with E-state index in [4.69, 9.17) is 0 Å². The molecule has 5 unspecified atom stereocenters. The molecule has 58 heavy (non-hydrogen) atoms. The maximum atomic E-state index is 2.98. The maximum absolute atomic E-state index is 2.98. The summed E-state index contributed by atoms with van der Waals surface area (Å²) < 4.78 is 0. The van der Waals surface area contributed by atoms with Crippen LogP contribution in [0.2, 0.25) is 0 Å². The normalized spacial score (nSPS) is 19.7. The SMILES string of the molecule is CC#CC.CC#Cc1ccc(C)cc1.CC1CCC2CC(C)CCC2C1.Cc1ccc(C)cc1.Cc1ccc2c(c1)CCC(C)C2.Cc1ccc2cc(C)ccc2c1. The molecule has 0 radical (unpaired) electrons. The zero-order chi connectivity index (χ0) is 42.5. The topological polar surface area (TPSA) is 0 Å². The van der Waals surface area contributed by atoms with Gasteiger partial charge in [-0.3, -0.25) is 0 Å². The molecule has 5 aromatic rings. The van der Waals surface area contributed by atoms with Gasteiger partial charge in [-0.1, -0.05) is 164 Å². The Hall–Kier alpha value is -4.52. The quantitative estimate of drug-likeness (QED) is 0.138. The first-order valence-electron chi connectivity index (χ1n) is 22.2. The summed E-state index contributed by atoms with van der Waals surface area (Å²) in [4.78, 5) is 0. The lowest BCUT2D eigenvalue weighted by atomic mass is 9.65. The smallest absolute Gasteiger partial charge is 0.0245 e. The van der Waals surface area contributed by atoms with E-state index in [1.54, 1.807) is 11.1 Å². The van der Waals surface area contributed by atoms with E-state index in [-0.39, 0.29) is 0 Å². The van der Waals surface area contributed by atoms with E-state index in [9.17, 15) is 0 Å². The van der Waals surface area contributed by atoms with Gasteiger partial charge in [-0.2, -0.15) is 0 Å². The molecule has 8 rings (SSSR count). The highest BCUT2D eigenvalue weighted by Crippen LogP contribution is 2.44. The Balaban J connectivity index is 0.000000191. The molecule has 5 atom stereocenters. The summed E-state index contributed by atoms with van der Waals surface area (Å²) in [6.07, 6.45) is 13.1. The molecule has 308 valence electrons. The second-order valence-corrected chi connectivity index (χ2v) is 17.7. The van der Waals surface area contributed by atoms with Crippen molar-refractivity contribution in [2.75, 3.05) is 0 Å². The van der Waals surface area contributed by atoms with E-state index in [1.807, 2.05) is 32.9 Å². The van der Waals surface area contributed by atoms with Crippen LogP contribution in [0.3, 0.4) is 0 Å². The van der Waals surface area contributed by atoms with Crippen LogP contribution >= 0.6 is 0 Å². The fourth-order valence-electron chi connectivity index (χ4n) is 8.33. The number of hydrogen-bond donors (Lipinski definition) is 0. The molecule has 0 saturated heterocycles. The van der Waals surface area contributed by atoms with Gasteiger partial charge >= 0.3 is 0 Å². The second-order valence-electron chi connectivity index (χ2n) is 17.7. The monoisotopic (exact) mass is 773 g/mol. The molecule has 5 aromatic carbocycles. The van der Waals surface area contributed by atoms with Gasteiger partial charge in [0.25, 0.3) is 0 Å². The summed E-state index contributed by atoms with van der Waals surface area (Å²) in [7, 11) is 0. The Morgan fingerprint density at radius 3 is 1.26 bits per heavy atom. The Labute approximate surface area is 356 Å². The third-order valence-corrected chi connectivity index (χ3v) is 11.9. The van der Waals surface area contributed by atoms with Gasteiger partial charge in [0.2, 0.25) is 0 Å². The molecule has 0 bridgehead atoms. The van der Waals surface area contributed by atoms with Crippen molar-refractivity contribution in [3.63, 3.8) is 0 Å². The van der Waals surface area contributed by atoms with Gasteiger partial charge in [-0.15, -0.1) is 17.8 Å². The van der Waals surface area contributed by atoms with Crippen LogP contribution in [0.5, 0.6) is 0 Å². The van der Waals surface area contributed by atoms with Crippen molar-refractivity contribution in [3.8, 4) is 23.7 Å². The predicted molar refractivity (Wildman–Crippen MR) is 258 cm³/mol. The summed E-state index contributed by atoms with van der Waals surface area (Å²) in [5, 5.41) is 2.67. The second kappa shape index (κ2) is 25.8. The van der Waals surface area contributed by atoms with Gasteiger partial charge in [0.15, 0.2) is 0 Å². The predicted octanol–water partition coefficient (Wildman–Crippen LogP) is 16.1. The summed E-state index contributed by atoms with van der Waals surface area (Å²) >= 11 is 0. The highest BCUT2D eigenvalue weighted by Gasteiger charge is 2.32. The molecule has 3 aliphatic carbocycles. The van der Waals surface area contributed by atoms with Crippen LogP contribution in [0.1, 0.15) is 137 Å². The first kappa shape index (κ1) is 47.9. The molecule has 2 fully saturated rings. The molecule has 0 nitrogen and oxygen atoms in total. The average Bonchev–Trinajstić information content (AvgIpc) is 3.21. The minimum absolute atomic E-state index is 0.889. The van der Waals surface area contributed by atoms with Crippen molar-refractivity contribution < 1.29 is 0 Å². The first-order valence-corrected chi connectivity index (χ1v) is 22.2. The fraction of sp³-hybridized carbons (Fsp3) is 0.448. The van der Waals surface area contributed by atoms with E-state index >= 15 is 0 Å². The summed E-state index contributed by atoms with van der Waals surface area (Å²) in [6, 6.07) is 36.7. The molecule has 0 aromatic heterocycles. The molecular weight excluding hydrogens is 697 g/mol. The van der Waals surface area contributed by atoms with Gasteiger partial charge in [-0.05, 0) is 171 Å². The molecule has 0 spiro atoms. The lowest BCUT2D eigenvalue weighted by Gasteiger charge is -2.40. The van der Waals surface area contributed by atoms with Crippen molar-refractivity contribution >= 4 is 10.8 Å². The number of rotatable bonds is 0. The Bertz CT molecular complexity index is 1970. The number of benzene rings is 5. The molecule has 0 heterocycles. The molecule has 0 heteroatoms. The molecular formula is C58H76. The summed E-state index contributed by atoms with van der Waals surface area (Å²) in [5.74, 6) is 16.4. The van der Waals surface area contributed by atoms with Crippen LogP contribution < -0.4 is 0 Å². The summed E-state index contributed by atoms with van der Waals surface area (Å²) in [5.41, 5.74) is 12.3. The maximum Gasteiger partial charge on any atom is 0.0245 e. The van der Waals surface area contributed by atoms with Gasteiger partial charge in [-0.25, -0.2) is 0 Å². The van der Waals surface area contributed by atoms with E-state index in [2.05, 4.69) is 177 Å². The minimum atomic E-state index is 0.889. The third-order valence-electron chi connectivity index (χ3n) is 11.9. The largest absolute Gasteiger partial charge is 0.107 e. The van der Waals surface area contributed by atoms with Gasteiger partial charge in [0.1, 0.15) is 0 Å². The van der Waals surface area contributed by atoms with E-state index in [0.29, 0.717) is 0 Å². The minimum Gasteiger partial charge on any atom is -0.107 e. The van der Waals surface area contributed by atoms with Crippen LogP contribution in [0.15, 0.2) is 103 Å². The Morgan fingerprint density at radius 1 is 0.397 bits per heavy atom.